The van der Waals surface area contributed by atoms with Gasteiger partial charge in [0.15, 0.2) is 23.1 Å². The lowest BCUT2D eigenvalue weighted by Crippen LogP contribution is -2.43. The minimum absolute atomic E-state index is 0.120. The molecule has 0 amide bonds. The van der Waals surface area contributed by atoms with Gasteiger partial charge in [-0.3, -0.25) is 9.59 Å². The molecular formula is C40H45NO5. The van der Waals surface area contributed by atoms with Crippen LogP contribution in [0.4, 0.5) is 0 Å². The Bertz CT molecular complexity index is 1660. The lowest BCUT2D eigenvalue weighted by atomic mass is 9.63. The second-order valence-corrected chi connectivity index (χ2v) is 14.4. The number of allylic oxidation sites excluding steroid dienone is 4. The van der Waals surface area contributed by atoms with Gasteiger partial charge in [-0.2, -0.15) is 0 Å². The highest BCUT2D eigenvalue weighted by atomic mass is 16.5. The molecule has 0 radical (unpaired) electrons. The standard InChI is InChI=1S/C40H45NO5/c1-7-44-35-19-27(17-18-34(35)46-24-26-13-9-8-10-14-26)25-45-33-16-12-11-15-28(33)36-37-29(20-39(2,3)22-31(37)42)41(6)30-21-40(4,5)23-32(43)38(30)36/h8-19,36H,7,20-25H2,1-6H3. The van der Waals surface area contributed by atoms with Crippen molar-refractivity contribution in [3.63, 3.8) is 0 Å². The molecule has 0 N–H and O–H groups in total. The largest absolute Gasteiger partial charge is 0.490 e. The molecule has 6 nitrogen and oxygen atoms in total. The first-order chi connectivity index (χ1) is 22.0. The van der Waals surface area contributed by atoms with E-state index in [-0.39, 0.29) is 22.4 Å². The van der Waals surface area contributed by atoms with Gasteiger partial charge in [0.2, 0.25) is 0 Å². The van der Waals surface area contributed by atoms with E-state index in [9.17, 15) is 9.59 Å². The number of hydrogen-bond acceptors (Lipinski definition) is 6. The number of ketones is 2. The van der Waals surface area contributed by atoms with Crippen molar-refractivity contribution < 1.29 is 23.8 Å². The predicted molar refractivity (Wildman–Crippen MR) is 180 cm³/mol. The van der Waals surface area contributed by atoms with Crippen LogP contribution in [0.3, 0.4) is 0 Å². The molecule has 2 aliphatic carbocycles. The first-order valence-electron chi connectivity index (χ1n) is 16.4. The SMILES string of the molecule is CCOc1cc(COc2ccccc2C2C3=C(CC(C)(C)CC3=O)N(C)C3=C2C(=O)CC(C)(C)C3)ccc1OCc1ccccc1. The summed E-state index contributed by atoms with van der Waals surface area (Å²) in [6, 6.07) is 23.8. The zero-order valence-corrected chi connectivity index (χ0v) is 27.9. The molecule has 3 aromatic carbocycles. The third kappa shape index (κ3) is 6.35. The number of benzene rings is 3. The van der Waals surface area contributed by atoms with Crippen molar-refractivity contribution in [3.05, 3.63) is 112 Å². The maximum atomic E-state index is 14.0. The summed E-state index contributed by atoms with van der Waals surface area (Å²) in [7, 11) is 2.04. The van der Waals surface area contributed by atoms with Crippen LogP contribution in [0.5, 0.6) is 17.2 Å². The van der Waals surface area contributed by atoms with E-state index >= 15 is 0 Å². The lowest BCUT2D eigenvalue weighted by Gasteiger charge is -2.48. The fourth-order valence-corrected chi connectivity index (χ4v) is 7.25. The van der Waals surface area contributed by atoms with E-state index in [4.69, 9.17) is 14.2 Å². The topological polar surface area (TPSA) is 65.1 Å². The molecule has 0 saturated heterocycles. The summed E-state index contributed by atoms with van der Waals surface area (Å²) in [6.07, 6.45) is 2.49. The van der Waals surface area contributed by atoms with Crippen LogP contribution in [0.2, 0.25) is 0 Å². The zero-order valence-electron chi connectivity index (χ0n) is 27.9. The molecule has 3 aliphatic rings. The van der Waals surface area contributed by atoms with Crippen LogP contribution in [0.25, 0.3) is 0 Å². The van der Waals surface area contributed by atoms with Crippen LogP contribution >= 0.6 is 0 Å². The van der Waals surface area contributed by atoms with Crippen molar-refractivity contribution in [2.45, 2.75) is 79.4 Å². The van der Waals surface area contributed by atoms with Gasteiger partial charge >= 0.3 is 0 Å². The number of rotatable bonds is 9. The Kier molecular flexibility index (Phi) is 8.58. The molecule has 0 saturated carbocycles. The van der Waals surface area contributed by atoms with Gasteiger partial charge in [-0.1, -0.05) is 82.3 Å². The molecule has 0 unspecified atom stereocenters. The average Bonchev–Trinajstić information content (AvgIpc) is 3.00. The summed E-state index contributed by atoms with van der Waals surface area (Å²) >= 11 is 0. The van der Waals surface area contributed by atoms with Crippen molar-refractivity contribution in [2.24, 2.45) is 10.8 Å². The van der Waals surface area contributed by atoms with Gasteiger partial charge < -0.3 is 19.1 Å². The molecule has 0 spiro atoms. The van der Waals surface area contributed by atoms with Gasteiger partial charge in [0, 0.05) is 53.9 Å². The van der Waals surface area contributed by atoms with E-state index in [1.54, 1.807) is 0 Å². The van der Waals surface area contributed by atoms with Gasteiger partial charge in [0.25, 0.3) is 0 Å². The van der Waals surface area contributed by atoms with Crippen molar-refractivity contribution in [2.75, 3.05) is 13.7 Å². The fraction of sp³-hybridized carbons (Fsp3) is 0.400. The number of Topliss-reactive ketones (excluding diaryl/α,β-unsaturated/α-hetero) is 2. The Morgan fingerprint density at radius 2 is 1.22 bits per heavy atom. The van der Waals surface area contributed by atoms with E-state index in [2.05, 4.69) is 32.6 Å². The number of para-hydroxylation sites is 1. The first kappa shape index (κ1) is 31.7. The van der Waals surface area contributed by atoms with E-state index in [0.717, 1.165) is 52.1 Å². The maximum Gasteiger partial charge on any atom is 0.162 e. The molecule has 46 heavy (non-hydrogen) atoms. The van der Waals surface area contributed by atoms with Crippen LogP contribution < -0.4 is 14.2 Å². The molecule has 1 heterocycles. The van der Waals surface area contributed by atoms with E-state index in [1.807, 2.05) is 86.8 Å². The minimum atomic E-state index is -0.447. The first-order valence-corrected chi connectivity index (χ1v) is 16.4. The van der Waals surface area contributed by atoms with Crippen LogP contribution in [-0.4, -0.2) is 30.1 Å². The molecule has 3 aromatic rings. The third-order valence-corrected chi connectivity index (χ3v) is 9.35. The minimum Gasteiger partial charge on any atom is -0.490 e. The quantitative estimate of drug-likeness (QED) is 0.239. The lowest BCUT2D eigenvalue weighted by molar-refractivity contribution is -0.119. The molecule has 0 atom stereocenters. The van der Waals surface area contributed by atoms with Crippen molar-refractivity contribution in [3.8, 4) is 17.2 Å². The van der Waals surface area contributed by atoms with Gasteiger partial charge in [0.05, 0.1) is 6.61 Å². The van der Waals surface area contributed by atoms with Gasteiger partial charge in [-0.05, 0) is 59.9 Å². The van der Waals surface area contributed by atoms with Crippen LogP contribution in [0.1, 0.15) is 82.9 Å². The van der Waals surface area contributed by atoms with E-state index in [0.29, 0.717) is 49.9 Å². The summed E-state index contributed by atoms with van der Waals surface area (Å²) < 4.78 is 18.6. The average molecular weight is 620 g/mol. The molecule has 240 valence electrons. The molecule has 0 aromatic heterocycles. The Morgan fingerprint density at radius 3 is 1.85 bits per heavy atom. The summed E-state index contributed by atoms with van der Waals surface area (Å²) in [4.78, 5) is 30.1. The van der Waals surface area contributed by atoms with Crippen molar-refractivity contribution >= 4 is 11.6 Å². The normalized spacial score (nSPS) is 19.1. The number of ether oxygens (including phenoxy) is 3. The van der Waals surface area contributed by atoms with Crippen LogP contribution in [0, 0.1) is 10.8 Å². The molecule has 1 aliphatic heterocycles. The fourth-order valence-electron chi connectivity index (χ4n) is 7.25. The van der Waals surface area contributed by atoms with Gasteiger partial charge in [-0.15, -0.1) is 0 Å². The Balaban J connectivity index is 1.33. The van der Waals surface area contributed by atoms with E-state index < -0.39 is 5.92 Å². The monoisotopic (exact) mass is 619 g/mol. The number of carbonyl (C=O) groups is 2. The highest BCUT2D eigenvalue weighted by Gasteiger charge is 2.48. The second-order valence-electron chi connectivity index (χ2n) is 14.4. The highest BCUT2D eigenvalue weighted by molar-refractivity contribution is 6.07. The molecule has 6 heteroatoms. The van der Waals surface area contributed by atoms with E-state index in [1.165, 1.54) is 0 Å². The van der Waals surface area contributed by atoms with Gasteiger partial charge in [-0.25, -0.2) is 0 Å². The summed E-state index contributed by atoms with van der Waals surface area (Å²) in [5.74, 6) is 1.81. The second kappa shape index (κ2) is 12.5. The summed E-state index contributed by atoms with van der Waals surface area (Å²) in [5, 5.41) is 0. The Morgan fingerprint density at radius 1 is 0.652 bits per heavy atom. The number of carbonyl (C=O) groups excluding carboxylic acids is 2. The summed E-state index contributed by atoms with van der Waals surface area (Å²) in [6.45, 7) is 11.8. The third-order valence-electron chi connectivity index (χ3n) is 9.35. The Labute approximate surface area is 273 Å². The maximum absolute atomic E-state index is 14.0. The highest BCUT2D eigenvalue weighted by Crippen LogP contribution is 2.55. The smallest absolute Gasteiger partial charge is 0.162 e. The Hall–Kier alpha value is -4.32. The van der Waals surface area contributed by atoms with Crippen molar-refractivity contribution in [1.29, 1.82) is 0 Å². The van der Waals surface area contributed by atoms with Crippen LogP contribution in [-0.2, 0) is 22.8 Å². The number of hydrogen-bond donors (Lipinski definition) is 0. The summed E-state index contributed by atoms with van der Waals surface area (Å²) in [5.41, 5.74) is 6.17. The molecular weight excluding hydrogens is 574 g/mol. The van der Waals surface area contributed by atoms with Crippen molar-refractivity contribution in [1.82, 2.24) is 4.90 Å². The number of nitrogens with zero attached hydrogens (tertiary/aromatic N) is 1. The molecule has 0 fully saturated rings. The zero-order chi connectivity index (χ0) is 32.6. The van der Waals surface area contributed by atoms with Gasteiger partial charge in [0.1, 0.15) is 19.0 Å². The molecule has 6 rings (SSSR count). The predicted octanol–water partition coefficient (Wildman–Crippen LogP) is 8.56. The molecule has 0 bridgehead atoms. The van der Waals surface area contributed by atoms with Crippen LogP contribution in [0.15, 0.2) is 95.3 Å².